The second kappa shape index (κ2) is 7.60. The van der Waals surface area contributed by atoms with E-state index < -0.39 is 11.8 Å². The van der Waals surface area contributed by atoms with Gasteiger partial charge in [0.2, 0.25) is 5.91 Å². The number of hydrogen-bond acceptors (Lipinski definition) is 4. The van der Waals surface area contributed by atoms with E-state index in [1.54, 1.807) is 11.8 Å². The highest BCUT2D eigenvalue weighted by atomic mass is 16.2. The highest BCUT2D eigenvalue weighted by Crippen LogP contribution is 2.53. The van der Waals surface area contributed by atoms with Crippen molar-refractivity contribution >= 4 is 23.4 Å². The fraction of sp³-hybridized carbons (Fsp3) is 0.800. The Morgan fingerprint density at radius 3 is 2.15 bits per heavy atom. The normalized spacial score (nSPS) is 34.6. The van der Waals surface area contributed by atoms with Gasteiger partial charge in [-0.25, -0.2) is 5.43 Å². The first-order valence-corrected chi connectivity index (χ1v) is 10.4. The van der Waals surface area contributed by atoms with Crippen molar-refractivity contribution in [2.75, 3.05) is 13.1 Å². The summed E-state index contributed by atoms with van der Waals surface area (Å²) in [5.74, 6) is 1.74. The molecule has 148 valence electrons. The Hall–Kier alpha value is -1.92. The van der Waals surface area contributed by atoms with E-state index in [0.29, 0.717) is 36.7 Å². The summed E-state index contributed by atoms with van der Waals surface area (Å²) in [7, 11) is 0. The molecule has 0 aromatic heterocycles. The Labute approximate surface area is 160 Å². The second-order valence-electron chi connectivity index (χ2n) is 8.99. The van der Waals surface area contributed by atoms with Crippen molar-refractivity contribution in [2.45, 2.75) is 64.3 Å². The smallest absolute Gasteiger partial charge is 0.329 e. The van der Waals surface area contributed by atoms with Crippen LogP contribution in [0, 0.1) is 23.7 Å². The fourth-order valence-corrected chi connectivity index (χ4v) is 5.93. The van der Waals surface area contributed by atoms with Crippen molar-refractivity contribution in [1.82, 2.24) is 15.6 Å². The van der Waals surface area contributed by atoms with Crippen LogP contribution >= 0.6 is 0 Å². The number of hydrogen-bond donors (Lipinski definition) is 2. The van der Waals surface area contributed by atoms with Crippen molar-refractivity contribution in [3.8, 4) is 0 Å². The molecule has 0 aromatic carbocycles. The van der Waals surface area contributed by atoms with Gasteiger partial charge in [-0.1, -0.05) is 0 Å². The predicted molar refractivity (Wildman–Crippen MR) is 101 cm³/mol. The molecule has 0 unspecified atom stereocenters. The summed E-state index contributed by atoms with van der Waals surface area (Å²) < 4.78 is 0. The number of nitrogens with zero attached hydrogens (tertiary/aromatic N) is 2. The van der Waals surface area contributed by atoms with E-state index in [1.165, 1.54) is 32.1 Å². The van der Waals surface area contributed by atoms with E-state index in [0.717, 1.165) is 24.7 Å². The molecule has 0 atom stereocenters. The molecule has 1 saturated heterocycles. The number of carbonyl (C=O) groups is 3. The van der Waals surface area contributed by atoms with E-state index >= 15 is 0 Å². The Morgan fingerprint density at radius 1 is 0.963 bits per heavy atom. The van der Waals surface area contributed by atoms with Crippen LogP contribution in [0.1, 0.15) is 58.3 Å². The first-order valence-electron chi connectivity index (χ1n) is 10.4. The topological polar surface area (TPSA) is 90.9 Å². The minimum atomic E-state index is -0.724. The quantitative estimate of drug-likeness (QED) is 0.443. The molecule has 4 saturated carbocycles. The summed E-state index contributed by atoms with van der Waals surface area (Å²) in [6.07, 6.45) is 8.48. The van der Waals surface area contributed by atoms with Gasteiger partial charge < -0.3 is 10.2 Å². The van der Waals surface area contributed by atoms with E-state index in [1.807, 2.05) is 0 Å². The highest BCUT2D eigenvalue weighted by Gasteiger charge is 2.48. The number of nitrogens with one attached hydrogen (secondary N) is 2. The van der Waals surface area contributed by atoms with E-state index in [-0.39, 0.29) is 12.3 Å². The maximum atomic E-state index is 12.5. The zero-order chi connectivity index (χ0) is 19.0. The standard InChI is InChI=1S/C20H30N4O3/c1-12(22-23-19(26)20(27)24-4-2-3-5-24)6-17(25)21-18-15-8-13-7-14(10-15)11-16(18)9-13/h13-16,18H,2-11H2,1H3,(H,21,25)(H,23,26)/b22-12-. The second-order valence-corrected chi connectivity index (χ2v) is 8.99. The van der Waals surface area contributed by atoms with Crippen LogP contribution in [0.3, 0.4) is 0 Å². The third-order valence-corrected chi connectivity index (χ3v) is 6.91. The molecule has 5 rings (SSSR count). The molecule has 7 heteroatoms. The zero-order valence-electron chi connectivity index (χ0n) is 16.1. The molecule has 2 N–H and O–H groups in total. The highest BCUT2D eigenvalue weighted by molar-refractivity contribution is 6.35. The van der Waals surface area contributed by atoms with Crippen LogP contribution in [0.15, 0.2) is 5.10 Å². The number of carbonyl (C=O) groups excluding carboxylic acids is 3. The lowest BCUT2D eigenvalue weighted by molar-refractivity contribution is -0.145. The van der Waals surface area contributed by atoms with Crippen LogP contribution in [0.4, 0.5) is 0 Å². The summed E-state index contributed by atoms with van der Waals surface area (Å²) in [5.41, 5.74) is 2.81. The van der Waals surface area contributed by atoms with Crippen LogP contribution in [0.5, 0.6) is 0 Å². The molecule has 5 aliphatic rings. The van der Waals surface area contributed by atoms with Crippen LogP contribution in [-0.2, 0) is 14.4 Å². The van der Waals surface area contributed by atoms with E-state index in [9.17, 15) is 14.4 Å². The van der Waals surface area contributed by atoms with Crippen molar-refractivity contribution in [3.63, 3.8) is 0 Å². The molecule has 3 amide bonds. The van der Waals surface area contributed by atoms with Crippen molar-refractivity contribution < 1.29 is 14.4 Å². The lowest BCUT2D eigenvalue weighted by Gasteiger charge is -2.54. The van der Waals surface area contributed by atoms with Crippen LogP contribution in [-0.4, -0.2) is 47.5 Å². The molecule has 27 heavy (non-hydrogen) atoms. The van der Waals surface area contributed by atoms with Gasteiger partial charge in [-0.2, -0.15) is 5.10 Å². The molecule has 4 bridgehead atoms. The summed E-state index contributed by atoms with van der Waals surface area (Å²) in [4.78, 5) is 37.8. The monoisotopic (exact) mass is 374 g/mol. The van der Waals surface area contributed by atoms with E-state index in [2.05, 4.69) is 15.8 Å². The predicted octanol–water partition coefficient (Wildman–Crippen LogP) is 1.43. The first-order chi connectivity index (χ1) is 13.0. The van der Waals surface area contributed by atoms with Gasteiger partial charge in [0.1, 0.15) is 0 Å². The summed E-state index contributed by atoms with van der Waals surface area (Å²) in [5, 5.41) is 7.19. The number of amides is 3. The van der Waals surface area contributed by atoms with Crippen molar-refractivity contribution in [3.05, 3.63) is 0 Å². The molecule has 0 aromatic rings. The average Bonchev–Trinajstić information content (AvgIpc) is 3.16. The maximum absolute atomic E-state index is 12.5. The molecule has 1 heterocycles. The van der Waals surface area contributed by atoms with Gasteiger partial charge in [0.25, 0.3) is 0 Å². The molecular weight excluding hydrogens is 344 g/mol. The van der Waals surface area contributed by atoms with Crippen LogP contribution in [0.25, 0.3) is 0 Å². The third-order valence-electron chi connectivity index (χ3n) is 6.91. The molecule has 1 aliphatic heterocycles. The van der Waals surface area contributed by atoms with Gasteiger partial charge in [0.15, 0.2) is 0 Å². The lowest BCUT2D eigenvalue weighted by Crippen LogP contribution is -2.56. The fourth-order valence-electron chi connectivity index (χ4n) is 5.93. The molecule has 4 aliphatic carbocycles. The molecule has 5 fully saturated rings. The van der Waals surface area contributed by atoms with E-state index in [4.69, 9.17) is 0 Å². The summed E-state index contributed by atoms with van der Waals surface area (Å²) in [6.45, 7) is 2.96. The Morgan fingerprint density at radius 2 is 1.56 bits per heavy atom. The summed E-state index contributed by atoms with van der Waals surface area (Å²) >= 11 is 0. The van der Waals surface area contributed by atoms with Gasteiger partial charge in [-0.05, 0) is 75.5 Å². The van der Waals surface area contributed by atoms with Gasteiger partial charge >= 0.3 is 11.8 Å². The maximum Gasteiger partial charge on any atom is 0.329 e. The lowest BCUT2D eigenvalue weighted by atomic mass is 9.54. The van der Waals surface area contributed by atoms with Crippen molar-refractivity contribution in [1.29, 1.82) is 0 Å². The van der Waals surface area contributed by atoms with Gasteiger partial charge in [0, 0.05) is 24.8 Å². The van der Waals surface area contributed by atoms with Crippen LogP contribution in [0.2, 0.25) is 0 Å². The number of rotatable bonds is 4. The molecule has 0 spiro atoms. The SMILES string of the molecule is C/C(CC(=O)NC1C2CC3CC(C2)CC1C3)=N/NC(=O)C(=O)N1CCCC1. The minimum Gasteiger partial charge on any atom is -0.352 e. The minimum absolute atomic E-state index is 0.0335. The van der Waals surface area contributed by atoms with Gasteiger partial charge in [0.05, 0.1) is 6.42 Å². The Bertz CT molecular complexity index is 626. The largest absolute Gasteiger partial charge is 0.352 e. The Kier molecular flexibility index (Phi) is 5.19. The number of hydrazone groups is 1. The third kappa shape index (κ3) is 4.01. The van der Waals surface area contributed by atoms with Gasteiger partial charge in [-0.15, -0.1) is 0 Å². The average molecular weight is 374 g/mol. The number of likely N-dealkylation sites (tertiary alicyclic amines) is 1. The first kappa shape index (κ1) is 18.4. The summed E-state index contributed by atoms with van der Waals surface area (Å²) in [6, 6.07) is 0.310. The Balaban J connectivity index is 1.24. The molecular formula is C20H30N4O3. The molecule has 0 radical (unpaired) electrons. The zero-order valence-corrected chi connectivity index (χ0v) is 16.1. The molecule has 7 nitrogen and oxygen atoms in total. The van der Waals surface area contributed by atoms with Crippen LogP contribution < -0.4 is 10.7 Å². The van der Waals surface area contributed by atoms with Gasteiger partial charge in [-0.3, -0.25) is 14.4 Å². The van der Waals surface area contributed by atoms with Crippen molar-refractivity contribution in [2.24, 2.45) is 28.8 Å².